The third-order valence-electron chi connectivity index (χ3n) is 2.74. The molecule has 0 saturated heterocycles. The maximum Gasteiger partial charge on any atom is 0.265 e. The van der Waals surface area contributed by atoms with E-state index in [9.17, 15) is 8.42 Å². The number of nitrogens with zero attached hydrogens (tertiary/aromatic N) is 3. The molecule has 0 amide bonds. The number of nitrogens with one attached hydrogen (secondary N) is 2. The van der Waals surface area contributed by atoms with Gasteiger partial charge in [0.1, 0.15) is 4.90 Å². The molecule has 0 aliphatic rings. The fraction of sp³-hybridized carbons (Fsp3) is 0.455. The normalized spacial score (nSPS) is 11.8. The summed E-state index contributed by atoms with van der Waals surface area (Å²) in [6.45, 7) is 4.37. The average Bonchev–Trinajstić information content (AvgIpc) is 2.93. The van der Waals surface area contributed by atoms with Crippen LogP contribution in [0.1, 0.15) is 11.4 Å². The van der Waals surface area contributed by atoms with Gasteiger partial charge in [-0.3, -0.25) is 14.5 Å². The lowest BCUT2D eigenvalue weighted by Gasteiger charge is -2.05. The standard InChI is InChI=1S/C11H17N5O3S/c1-8-11(9(2)14-13-8)20(17,18)15-10-6-12-16(7-10)4-5-19-3/h6-7,15H,4-5H2,1-3H3,(H,13,14). The van der Waals surface area contributed by atoms with Crippen molar-refractivity contribution in [1.29, 1.82) is 0 Å². The molecule has 0 aromatic carbocycles. The van der Waals surface area contributed by atoms with Crippen LogP contribution in [0.25, 0.3) is 0 Å². The number of methoxy groups -OCH3 is 1. The smallest absolute Gasteiger partial charge is 0.265 e. The molecule has 2 aromatic heterocycles. The van der Waals surface area contributed by atoms with Crippen LogP contribution < -0.4 is 4.72 Å². The number of hydrogen-bond donors (Lipinski definition) is 2. The van der Waals surface area contributed by atoms with E-state index < -0.39 is 10.0 Å². The average molecular weight is 299 g/mol. The van der Waals surface area contributed by atoms with Crippen LogP contribution in [0.4, 0.5) is 5.69 Å². The highest BCUT2D eigenvalue weighted by molar-refractivity contribution is 7.92. The first-order valence-corrected chi connectivity index (χ1v) is 7.48. The van der Waals surface area contributed by atoms with E-state index in [0.717, 1.165) is 0 Å². The number of aryl methyl sites for hydroxylation is 2. The largest absolute Gasteiger partial charge is 0.383 e. The number of H-pyrrole nitrogens is 1. The SMILES string of the molecule is COCCn1cc(NS(=O)(=O)c2c(C)n[nH]c2C)cn1. The van der Waals surface area contributed by atoms with Crippen LogP contribution in [0.15, 0.2) is 17.3 Å². The van der Waals surface area contributed by atoms with Crippen molar-refractivity contribution < 1.29 is 13.2 Å². The third-order valence-corrected chi connectivity index (χ3v) is 4.38. The molecule has 8 nitrogen and oxygen atoms in total. The predicted octanol–water partition coefficient (Wildman–Crippen LogP) is 0.670. The van der Waals surface area contributed by atoms with Gasteiger partial charge < -0.3 is 4.74 Å². The van der Waals surface area contributed by atoms with E-state index in [2.05, 4.69) is 20.0 Å². The molecule has 0 spiro atoms. The Morgan fingerprint density at radius 1 is 1.45 bits per heavy atom. The van der Waals surface area contributed by atoms with Crippen molar-refractivity contribution in [3.8, 4) is 0 Å². The maximum atomic E-state index is 12.3. The van der Waals surface area contributed by atoms with E-state index >= 15 is 0 Å². The first kappa shape index (κ1) is 14.5. The van der Waals surface area contributed by atoms with Crippen molar-refractivity contribution >= 4 is 15.7 Å². The summed E-state index contributed by atoms with van der Waals surface area (Å²) in [5, 5.41) is 10.6. The maximum absolute atomic E-state index is 12.3. The molecular formula is C11H17N5O3S. The Hall–Kier alpha value is -1.87. The number of ether oxygens (including phenoxy) is 1. The van der Waals surface area contributed by atoms with Crippen molar-refractivity contribution in [3.63, 3.8) is 0 Å². The number of sulfonamides is 1. The number of aromatic nitrogens is 4. The van der Waals surface area contributed by atoms with Crippen LogP contribution in [0.2, 0.25) is 0 Å². The number of hydrogen-bond acceptors (Lipinski definition) is 5. The molecule has 0 fully saturated rings. The minimum atomic E-state index is -3.67. The highest BCUT2D eigenvalue weighted by Crippen LogP contribution is 2.20. The first-order chi connectivity index (χ1) is 9.44. The first-order valence-electron chi connectivity index (χ1n) is 6.00. The molecule has 0 bridgehead atoms. The number of rotatable bonds is 6. The topological polar surface area (TPSA) is 102 Å². The number of aromatic amines is 1. The van der Waals surface area contributed by atoms with Gasteiger partial charge in [-0.15, -0.1) is 0 Å². The minimum Gasteiger partial charge on any atom is -0.383 e. The molecule has 0 radical (unpaired) electrons. The predicted molar refractivity (Wildman–Crippen MR) is 73.0 cm³/mol. The highest BCUT2D eigenvalue weighted by Gasteiger charge is 2.22. The summed E-state index contributed by atoms with van der Waals surface area (Å²) >= 11 is 0. The van der Waals surface area contributed by atoms with Crippen LogP contribution >= 0.6 is 0 Å². The zero-order valence-electron chi connectivity index (χ0n) is 11.5. The Morgan fingerprint density at radius 2 is 2.20 bits per heavy atom. The zero-order chi connectivity index (χ0) is 14.8. The molecule has 110 valence electrons. The summed E-state index contributed by atoms with van der Waals surface area (Å²) in [7, 11) is -2.07. The monoisotopic (exact) mass is 299 g/mol. The van der Waals surface area contributed by atoms with Gasteiger partial charge in [-0.25, -0.2) is 8.42 Å². The van der Waals surface area contributed by atoms with Crippen LogP contribution in [-0.4, -0.2) is 42.1 Å². The second-order valence-corrected chi connectivity index (χ2v) is 5.97. The molecule has 0 aliphatic heterocycles. The van der Waals surface area contributed by atoms with E-state index in [-0.39, 0.29) is 4.90 Å². The lowest BCUT2D eigenvalue weighted by Crippen LogP contribution is -2.14. The van der Waals surface area contributed by atoms with Gasteiger partial charge in [0.25, 0.3) is 10.0 Å². The molecule has 0 atom stereocenters. The summed E-state index contributed by atoms with van der Waals surface area (Å²) in [4.78, 5) is 0.169. The molecule has 2 N–H and O–H groups in total. The Balaban J connectivity index is 2.19. The minimum absolute atomic E-state index is 0.169. The zero-order valence-corrected chi connectivity index (χ0v) is 12.4. The van der Waals surface area contributed by atoms with Gasteiger partial charge in [0, 0.05) is 13.3 Å². The summed E-state index contributed by atoms with van der Waals surface area (Å²) < 4.78 is 33.6. The van der Waals surface area contributed by atoms with Crippen molar-refractivity contribution in [3.05, 3.63) is 23.8 Å². The summed E-state index contributed by atoms with van der Waals surface area (Å²) in [6, 6.07) is 0. The molecule has 2 heterocycles. The van der Waals surface area contributed by atoms with Crippen LogP contribution in [0, 0.1) is 13.8 Å². The van der Waals surface area contributed by atoms with Gasteiger partial charge in [-0.2, -0.15) is 10.2 Å². The lowest BCUT2D eigenvalue weighted by molar-refractivity contribution is 0.183. The molecule has 2 rings (SSSR count). The second kappa shape index (κ2) is 5.63. The Morgan fingerprint density at radius 3 is 2.80 bits per heavy atom. The quantitative estimate of drug-likeness (QED) is 0.816. The molecule has 0 aliphatic carbocycles. The summed E-state index contributed by atoms with van der Waals surface area (Å²) in [6.07, 6.45) is 3.07. The van der Waals surface area contributed by atoms with Gasteiger partial charge in [0.15, 0.2) is 0 Å². The number of anilines is 1. The van der Waals surface area contributed by atoms with Crippen molar-refractivity contribution in [2.75, 3.05) is 18.4 Å². The van der Waals surface area contributed by atoms with Crippen molar-refractivity contribution in [2.24, 2.45) is 0 Å². The van der Waals surface area contributed by atoms with Crippen LogP contribution in [0.3, 0.4) is 0 Å². The van der Waals surface area contributed by atoms with E-state index in [0.29, 0.717) is 30.2 Å². The lowest BCUT2D eigenvalue weighted by atomic mass is 10.4. The van der Waals surface area contributed by atoms with Crippen LogP contribution in [-0.2, 0) is 21.3 Å². The van der Waals surface area contributed by atoms with E-state index in [1.54, 1.807) is 31.8 Å². The van der Waals surface area contributed by atoms with Gasteiger partial charge in [0.05, 0.1) is 36.4 Å². The van der Waals surface area contributed by atoms with Gasteiger partial charge >= 0.3 is 0 Å². The van der Waals surface area contributed by atoms with E-state index in [1.807, 2.05) is 0 Å². The molecule has 20 heavy (non-hydrogen) atoms. The van der Waals surface area contributed by atoms with Gasteiger partial charge in [-0.05, 0) is 13.8 Å². The van der Waals surface area contributed by atoms with E-state index in [4.69, 9.17) is 4.74 Å². The molecule has 0 unspecified atom stereocenters. The fourth-order valence-electron chi connectivity index (χ4n) is 1.87. The summed E-state index contributed by atoms with van der Waals surface area (Å²) in [5.41, 5.74) is 1.34. The fourth-order valence-corrected chi connectivity index (χ4v) is 3.27. The van der Waals surface area contributed by atoms with Gasteiger partial charge in [-0.1, -0.05) is 0 Å². The second-order valence-electron chi connectivity index (χ2n) is 4.35. The summed E-state index contributed by atoms with van der Waals surface area (Å²) in [5.74, 6) is 0. The Labute approximate surface area is 117 Å². The van der Waals surface area contributed by atoms with E-state index in [1.165, 1.54) is 6.20 Å². The molecule has 9 heteroatoms. The molecule has 2 aromatic rings. The van der Waals surface area contributed by atoms with Gasteiger partial charge in [0.2, 0.25) is 0 Å². The molecular weight excluding hydrogens is 282 g/mol. The van der Waals surface area contributed by atoms with Crippen molar-refractivity contribution in [1.82, 2.24) is 20.0 Å². The van der Waals surface area contributed by atoms with Crippen molar-refractivity contribution in [2.45, 2.75) is 25.3 Å². The third kappa shape index (κ3) is 2.99. The Kier molecular flexibility index (Phi) is 4.09. The Bertz CT molecular complexity index is 669. The highest BCUT2D eigenvalue weighted by atomic mass is 32.2. The van der Waals surface area contributed by atoms with Crippen LogP contribution in [0.5, 0.6) is 0 Å². The molecule has 0 saturated carbocycles.